The lowest BCUT2D eigenvalue weighted by Crippen LogP contribution is -2.14. The fourth-order valence-corrected chi connectivity index (χ4v) is 3.28. The van der Waals surface area contributed by atoms with Crippen molar-refractivity contribution in [3.05, 3.63) is 78.0 Å². The van der Waals surface area contributed by atoms with Crippen molar-refractivity contribution in [2.24, 2.45) is 0 Å². The lowest BCUT2D eigenvalue weighted by molar-refractivity contribution is 0.102. The van der Waals surface area contributed by atoms with E-state index in [1.54, 1.807) is 18.3 Å². The SMILES string of the molecule is CCOc1ccccc1NC(=O)c1cccnc1Sc1ccc(C)cc1. The average Bonchev–Trinajstić information content (AvgIpc) is 2.66. The Morgan fingerprint density at radius 2 is 1.85 bits per heavy atom. The van der Waals surface area contributed by atoms with Gasteiger partial charge in [0, 0.05) is 11.1 Å². The molecule has 3 rings (SSSR count). The lowest BCUT2D eigenvalue weighted by Gasteiger charge is -2.12. The topological polar surface area (TPSA) is 51.2 Å². The molecule has 1 aromatic heterocycles. The van der Waals surface area contributed by atoms with E-state index in [4.69, 9.17) is 4.74 Å². The monoisotopic (exact) mass is 364 g/mol. The summed E-state index contributed by atoms with van der Waals surface area (Å²) >= 11 is 1.47. The molecule has 0 atom stereocenters. The van der Waals surface area contributed by atoms with Crippen molar-refractivity contribution >= 4 is 23.4 Å². The summed E-state index contributed by atoms with van der Waals surface area (Å²) in [5.74, 6) is 0.444. The number of nitrogens with zero attached hydrogens (tertiary/aromatic N) is 1. The van der Waals surface area contributed by atoms with Crippen molar-refractivity contribution in [3.63, 3.8) is 0 Å². The van der Waals surface area contributed by atoms with Crippen LogP contribution in [0.25, 0.3) is 0 Å². The Morgan fingerprint density at radius 3 is 2.62 bits per heavy atom. The van der Waals surface area contributed by atoms with Crippen molar-refractivity contribution in [2.75, 3.05) is 11.9 Å². The van der Waals surface area contributed by atoms with Gasteiger partial charge in [0.1, 0.15) is 10.8 Å². The van der Waals surface area contributed by atoms with Crippen molar-refractivity contribution in [2.45, 2.75) is 23.8 Å². The fourth-order valence-electron chi connectivity index (χ4n) is 2.40. The standard InChI is InChI=1S/C21H20N2O2S/c1-3-25-19-9-5-4-8-18(19)23-20(24)17-7-6-14-22-21(17)26-16-12-10-15(2)11-13-16/h4-14H,3H2,1-2H3,(H,23,24). The van der Waals surface area contributed by atoms with Gasteiger partial charge in [-0.05, 0) is 50.2 Å². The smallest absolute Gasteiger partial charge is 0.258 e. The first-order valence-corrected chi connectivity index (χ1v) is 9.21. The molecule has 1 heterocycles. The van der Waals surface area contributed by atoms with Crippen molar-refractivity contribution < 1.29 is 9.53 Å². The maximum atomic E-state index is 12.8. The van der Waals surface area contributed by atoms with Gasteiger partial charge in [-0.15, -0.1) is 0 Å². The molecular weight excluding hydrogens is 344 g/mol. The van der Waals surface area contributed by atoms with Crippen LogP contribution in [0.15, 0.2) is 76.8 Å². The van der Waals surface area contributed by atoms with Gasteiger partial charge < -0.3 is 10.1 Å². The molecule has 26 heavy (non-hydrogen) atoms. The van der Waals surface area contributed by atoms with E-state index in [0.29, 0.717) is 28.6 Å². The Morgan fingerprint density at radius 1 is 1.08 bits per heavy atom. The molecule has 0 fully saturated rings. The Bertz CT molecular complexity index is 895. The fraction of sp³-hybridized carbons (Fsp3) is 0.143. The molecule has 132 valence electrons. The third kappa shape index (κ3) is 4.43. The molecule has 0 unspecified atom stereocenters. The number of aromatic nitrogens is 1. The van der Waals surface area contributed by atoms with Crippen molar-refractivity contribution in [3.8, 4) is 5.75 Å². The number of benzene rings is 2. The van der Waals surface area contributed by atoms with E-state index in [2.05, 4.69) is 10.3 Å². The molecule has 0 saturated heterocycles. The molecule has 1 amide bonds. The molecule has 2 aromatic carbocycles. The quantitative estimate of drug-likeness (QED) is 0.654. The van der Waals surface area contributed by atoms with Gasteiger partial charge in [-0.1, -0.05) is 41.6 Å². The molecule has 0 saturated carbocycles. The van der Waals surface area contributed by atoms with Crippen LogP contribution < -0.4 is 10.1 Å². The minimum atomic E-state index is -0.208. The molecule has 3 aromatic rings. The summed E-state index contributed by atoms with van der Waals surface area (Å²) in [7, 11) is 0. The minimum Gasteiger partial charge on any atom is -0.492 e. The molecule has 0 aliphatic rings. The zero-order valence-corrected chi connectivity index (χ0v) is 15.5. The second-order valence-electron chi connectivity index (χ2n) is 5.65. The Labute approximate surface area is 157 Å². The van der Waals surface area contributed by atoms with Gasteiger partial charge in [-0.2, -0.15) is 0 Å². The Balaban J connectivity index is 1.83. The molecule has 0 radical (unpaired) electrons. The van der Waals surface area contributed by atoms with Crippen molar-refractivity contribution in [1.29, 1.82) is 0 Å². The number of carbonyl (C=O) groups excluding carboxylic acids is 1. The number of aryl methyl sites for hydroxylation is 1. The largest absolute Gasteiger partial charge is 0.492 e. The maximum Gasteiger partial charge on any atom is 0.258 e. The third-order valence-electron chi connectivity index (χ3n) is 3.69. The van der Waals surface area contributed by atoms with Gasteiger partial charge in [0.25, 0.3) is 5.91 Å². The number of hydrogen-bond donors (Lipinski definition) is 1. The molecule has 0 bridgehead atoms. The Kier molecular flexibility index (Phi) is 5.92. The molecule has 0 spiro atoms. The van der Waals surface area contributed by atoms with Crippen LogP contribution in [-0.2, 0) is 0 Å². The lowest BCUT2D eigenvalue weighted by atomic mass is 10.2. The van der Waals surface area contributed by atoms with Gasteiger partial charge in [-0.3, -0.25) is 4.79 Å². The Hall–Kier alpha value is -2.79. The number of para-hydroxylation sites is 2. The second kappa shape index (κ2) is 8.54. The highest BCUT2D eigenvalue weighted by Crippen LogP contribution is 2.30. The summed E-state index contributed by atoms with van der Waals surface area (Å²) in [5, 5.41) is 3.60. The van der Waals surface area contributed by atoms with E-state index < -0.39 is 0 Å². The number of carbonyl (C=O) groups is 1. The number of ether oxygens (including phenoxy) is 1. The average molecular weight is 364 g/mol. The number of anilines is 1. The summed E-state index contributed by atoms with van der Waals surface area (Å²) in [5.41, 5.74) is 2.37. The van der Waals surface area contributed by atoms with Gasteiger partial charge in [-0.25, -0.2) is 4.98 Å². The number of hydrogen-bond acceptors (Lipinski definition) is 4. The van der Waals surface area contributed by atoms with Crippen LogP contribution in [0.2, 0.25) is 0 Å². The van der Waals surface area contributed by atoms with Gasteiger partial charge in [0.05, 0.1) is 17.9 Å². The predicted octanol–water partition coefficient (Wildman–Crippen LogP) is 5.19. The van der Waals surface area contributed by atoms with Crippen LogP contribution in [0.4, 0.5) is 5.69 Å². The summed E-state index contributed by atoms with van der Waals surface area (Å²) < 4.78 is 5.58. The van der Waals surface area contributed by atoms with Crippen molar-refractivity contribution in [1.82, 2.24) is 4.98 Å². The van der Waals surface area contributed by atoms with E-state index in [1.807, 2.05) is 62.4 Å². The number of pyridine rings is 1. The number of amides is 1. The molecule has 5 heteroatoms. The van der Waals surface area contributed by atoms with Crippen LogP contribution in [-0.4, -0.2) is 17.5 Å². The first-order valence-electron chi connectivity index (χ1n) is 8.40. The zero-order valence-electron chi connectivity index (χ0n) is 14.7. The highest BCUT2D eigenvalue weighted by Gasteiger charge is 2.15. The van der Waals surface area contributed by atoms with E-state index in [-0.39, 0.29) is 5.91 Å². The van der Waals surface area contributed by atoms with Crippen LogP contribution in [0.3, 0.4) is 0 Å². The maximum absolute atomic E-state index is 12.8. The van der Waals surface area contributed by atoms with Crippen LogP contribution >= 0.6 is 11.8 Å². The third-order valence-corrected chi connectivity index (χ3v) is 4.71. The first-order chi connectivity index (χ1) is 12.7. The minimum absolute atomic E-state index is 0.208. The second-order valence-corrected chi connectivity index (χ2v) is 6.72. The molecular formula is C21H20N2O2S. The van der Waals surface area contributed by atoms with Gasteiger partial charge >= 0.3 is 0 Å². The van der Waals surface area contributed by atoms with E-state index >= 15 is 0 Å². The number of nitrogens with one attached hydrogen (secondary N) is 1. The summed E-state index contributed by atoms with van der Waals surface area (Å²) in [4.78, 5) is 18.2. The molecule has 0 aliphatic heterocycles. The van der Waals surface area contributed by atoms with Crippen LogP contribution in [0.1, 0.15) is 22.8 Å². The molecule has 1 N–H and O–H groups in total. The van der Waals surface area contributed by atoms with E-state index in [0.717, 1.165) is 4.90 Å². The molecule has 0 aliphatic carbocycles. The van der Waals surface area contributed by atoms with E-state index in [9.17, 15) is 4.79 Å². The normalized spacial score (nSPS) is 10.4. The first kappa shape index (κ1) is 18.0. The summed E-state index contributed by atoms with van der Waals surface area (Å²) in [6.07, 6.45) is 1.70. The van der Waals surface area contributed by atoms with Gasteiger partial charge in [0.2, 0.25) is 0 Å². The van der Waals surface area contributed by atoms with Crippen LogP contribution in [0.5, 0.6) is 5.75 Å². The van der Waals surface area contributed by atoms with E-state index in [1.165, 1.54) is 17.3 Å². The predicted molar refractivity (Wildman–Crippen MR) is 105 cm³/mol. The van der Waals surface area contributed by atoms with Crippen LogP contribution in [0, 0.1) is 6.92 Å². The summed E-state index contributed by atoms with van der Waals surface area (Å²) in [6, 6.07) is 19.1. The highest BCUT2D eigenvalue weighted by atomic mass is 32.2. The molecule has 4 nitrogen and oxygen atoms in total. The van der Waals surface area contributed by atoms with Gasteiger partial charge in [0.15, 0.2) is 0 Å². The summed E-state index contributed by atoms with van der Waals surface area (Å²) in [6.45, 7) is 4.49. The number of rotatable bonds is 6. The highest BCUT2D eigenvalue weighted by molar-refractivity contribution is 7.99. The zero-order chi connectivity index (χ0) is 18.4.